The smallest absolute Gasteiger partial charge is 0.146 e. The fraction of sp³-hybridized carbons (Fsp3) is 0.143. The second-order valence-corrected chi connectivity index (χ2v) is 4.96. The van der Waals surface area contributed by atoms with E-state index in [0.29, 0.717) is 27.1 Å². The molecule has 19 heavy (non-hydrogen) atoms. The molecule has 5 heteroatoms. The van der Waals surface area contributed by atoms with Gasteiger partial charge in [-0.3, -0.25) is 0 Å². The van der Waals surface area contributed by atoms with Crippen molar-refractivity contribution in [3.63, 3.8) is 0 Å². The average Bonchev–Trinajstić information content (AvgIpc) is 2.32. The van der Waals surface area contributed by atoms with Gasteiger partial charge in [0, 0.05) is 16.6 Å². The summed E-state index contributed by atoms with van der Waals surface area (Å²) in [7, 11) is 0. The van der Waals surface area contributed by atoms with Crippen LogP contribution in [0.4, 0.5) is 4.39 Å². The van der Waals surface area contributed by atoms with Crippen LogP contribution in [0.15, 0.2) is 36.4 Å². The third kappa shape index (κ3) is 3.18. The highest BCUT2D eigenvalue weighted by atomic mass is 35.5. The summed E-state index contributed by atoms with van der Waals surface area (Å²) in [5.74, 6) is 0.343. The summed E-state index contributed by atoms with van der Waals surface area (Å²) >= 11 is 11.8. The largest absolute Gasteiger partial charge is 0.455 e. The number of hydrogen-bond donors (Lipinski definition) is 1. The van der Waals surface area contributed by atoms with Crippen LogP contribution in [0.3, 0.4) is 0 Å². The Morgan fingerprint density at radius 2 is 1.89 bits per heavy atom. The quantitative estimate of drug-likeness (QED) is 0.871. The van der Waals surface area contributed by atoms with Gasteiger partial charge in [0.25, 0.3) is 0 Å². The van der Waals surface area contributed by atoms with E-state index in [1.807, 2.05) is 0 Å². The van der Waals surface area contributed by atoms with E-state index in [4.69, 9.17) is 33.7 Å². The molecule has 1 atom stereocenters. The number of hydrogen-bond acceptors (Lipinski definition) is 2. The molecule has 0 aliphatic rings. The molecule has 0 saturated carbocycles. The predicted octanol–water partition coefficient (Wildman–Crippen LogP) is 4.94. The highest BCUT2D eigenvalue weighted by Gasteiger charge is 2.15. The van der Waals surface area contributed by atoms with Crippen LogP contribution in [0, 0.1) is 5.82 Å². The van der Waals surface area contributed by atoms with Gasteiger partial charge in [0.15, 0.2) is 0 Å². The second-order valence-electron chi connectivity index (χ2n) is 4.12. The molecule has 0 heterocycles. The number of ether oxygens (including phenoxy) is 1. The third-order valence-electron chi connectivity index (χ3n) is 2.58. The third-order valence-corrected chi connectivity index (χ3v) is 3.11. The maximum absolute atomic E-state index is 13.8. The minimum atomic E-state index is -0.484. The van der Waals surface area contributed by atoms with Gasteiger partial charge in [0.2, 0.25) is 0 Å². The van der Waals surface area contributed by atoms with Gasteiger partial charge in [0.05, 0.1) is 5.02 Å². The molecule has 2 N–H and O–H groups in total. The molecule has 0 bridgehead atoms. The van der Waals surface area contributed by atoms with Crippen LogP contribution in [-0.2, 0) is 0 Å². The molecule has 1 unspecified atom stereocenters. The van der Waals surface area contributed by atoms with Crippen molar-refractivity contribution in [1.82, 2.24) is 0 Å². The zero-order valence-electron chi connectivity index (χ0n) is 10.2. The Kier molecular flexibility index (Phi) is 4.30. The molecule has 0 aromatic heterocycles. The van der Waals surface area contributed by atoms with E-state index in [1.165, 1.54) is 6.07 Å². The van der Waals surface area contributed by atoms with Gasteiger partial charge in [-0.15, -0.1) is 0 Å². The molecule has 2 rings (SSSR count). The molecule has 2 nitrogen and oxygen atoms in total. The van der Waals surface area contributed by atoms with E-state index in [0.717, 1.165) is 0 Å². The van der Waals surface area contributed by atoms with E-state index in [-0.39, 0.29) is 0 Å². The highest BCUT2D eigenvalue weighted by molar-refractivity contribution is 6.35. The van der Waals surface area contributed by atoms with Crippen LogP contribution < -0.4 is 10.5 Å². The SMILES string of the molecule is CC(N)c1c(F)cccc1Oc1ccc(Cl)cc1Cl. The first-order valence-electron chi connectivity index (χ1n) is 5.66. The first-order valence-corrected chi connectivity index (χ1v) is 6.41. The second kappa shape index (κ2) is 5.78. The molecule has 0 aliphatic carbocycles. The fourth-order valence-electron chi connectivity index (χ4n) is 1.72. The molecule has 2 aromatic rings. The molecule has 0 saturated heterocycles. The Morgan fingerprint density at radius 1 is 1.16 bits per heavy atom. The van der Waals surface area contributed by atoms with Crippen molar-refractivity contribution in [3.05, 3.63) is 57.8 Å². The molecule has 2 aromatic carbocycles. The van der Waals surface area contributed by atoms with Crippen molar-refractivity contribution in [3.8, 4) is 11.5 Å². The van der Waals surface area contributed by atoms with Gasteiger partial charge in [0.1, 0.15) is 17.3 Å². The number of halogens is 3. The molecule has 0 radical (unpaired) electrons. The maximum atomic E-state index is 13.8. The van der Waals surface area contributed by atoms with Crippen molar-refractivity contribution in [2.45, 2.75) is 13.0 Å². The minimum absolute atomic E-state index is 0.313. The van der Waals surface area contributed by atoms with E-state index in [2.05, 4.69) is 0 Å². The van der Waals surface area contributed by atoms with Gasteiger partial charge in [-0.2, -0.15) is 0 Å². The Morgan fingerprint density at radius 3 is 2.53 bits per heavy atom. The average molecular weight is 300 g/mol. The lowest BCUT2D eigenvalue weighted by Crippen LogP contribution is -2.09. The number of rotatable bonds is 3. The van der Waals surface area contributed by atoms with E-state index in [1.54, 1.807) is 37.3 Å². The lowest BCUT2D eigenvalue weighted by atomic mass is 10.1. The van der Waals surface area contributed by atoms with E-state index in [9.17, 15) is 4.39 Å². The lowest BCUT2D eigenvalue weighted by molar-refractivity contribution is 0.461. The summed E-state index contributed by atoms with van der Waals surface area (Å²) < 4.78 is 19.4. The number of nitrogens with two attached hydrogens (primary N) is 1. The summed E-state index contributed by atoms with van der Waals surface area (Å²) in [5.41, 5.74) is 6.07. The van der Waals surface area contributed by atoms with Crippen molar-refractivity contribution < 1.29 is 9.13 Å². The van der Waals surface area contributed by atoms with Crippen molar-refractivity contribution in [1.29, 1.82) is 0 Å². The first kappa shape index (κ1) is 14.1. The van der Waals surface area contributed by atoms with Gasteiger partial charge in [-0.25, -0.2) is 4.39 Å². The standard InChI is InChI=1S/C14H12Cl2FNO/c1-8(18)14-11(17)3-2-4-13(14)19-12-6-5-9(15)7-10(12)16/h2-8H,18H2,1H3. The molecule has 0 amide bonds. The van der Waals surface area contributed by atoms with E-state index < -0.39 is 11.9 Å². The zero-order valence-corrected chi connectivity index (χ0v) is 11.7. The van der Waals surface area contributed by atoms with Crippen LogP contribution in [0.2, 0.25) is 10.0 Å². The monoisotopic (exact) mass is 299 g/mol. The highest BCUT2D eigenvalue weighted by Crippen LogP contribution is 2.35. The van der Waals surface area contributed by atoms with Crippen molar-refractivity contribution >= 4 is 23.2 Å². The Hall–Kier alpha value is -1.29. The molecular formula is C14H12Cl2FNO. The summed E-state index contributed by atoms with van der Waals surface area (Å²) in [6, 6.07) is 8.89. The topological polar surface area (TPSA) is 35.2 Å². The summed E-state index contributed by atoms with van der Waals surface area (Å²) in [4.78, 5) is 0. The number of benzene rings is 2. The molecule has 0 spiro atoms. The van der Waals surface area contributed by atoms with Gasteiger partial charge < -0.3 is 10.5 Å². The van der Waals surface area contributed by atoms with Crippen LogP contribution in [-0.4, -0.2) is 0 Å². The summed E-state index contributed by atoms with van der Waals surface area (Å²) in [6.07, 6.45) is 0. The van der Waals surface area contributed by atoms with Crippen LogP contribution in [0.25, 0.3) is 0 Å². The Balaban J connectivity index is 2.41. The van der Waals surface area contributed by atoms with Gasteiger partial charge in [-0.1, -0.05) is 29.3 Å². The predicted molar refractivity (Wildman–Crippen MR) is 75.5 cm³/mol. The molecule has 100 valence electrons. The van der Waals surface area contributed by atoms with Crippen molar-refractivity contribution in [2.24, 2.45) is 5.73 Å². The van der Waals surface area contributed by atoms with Crippen molar-refractivity contribution in [2.75, 3.05) is 0 Å². The lowest BCUT2D eigenvalue weighted by Gasteiger charge is -2.15. The van der Waals surface area contributed by atoms with Crippen LogP contribution in [0.1, 0.15) is 18.5 Å². The molecular weight excluding hydrogens is 288 g/mol. The summed E-state index contributed by atoms with van der Waals surface area (Å²) in [5, 5.41) is 0.858. The molecule has 0 aliphatic heterocycles. The molecule has 0 fully saturated rings. The first-order chi connectivity index (χ1) is 8.99. The van der Waals surface area contributed by atoms with E-state index >= 15 is 0 Å². The van der Waals surface area contributed by atoms with Crippen LogP contribution in [0.5, 0.6) is 11.5 Å². The zero-order chi connectivity index (χ0) is 14.0. The normalized spacial score (nSPS) is 12.3. The Bertz CT molecular complexity index is 602. The van der Waals surface area contributed by atoms with Gasteiger partial charge in [-0.05, 0) is 37.3 Å². The Labute approximate surface area is 120 Å². The minimum Gasteiger partial charge on any atom is -0.455 e. The van der Waals surface area contributed by atoms with Crippen LogP contribution >= 0.6 is 23.2 Å². The summed E-state index contributed by atoms with van der Waals surface area (Å²) in [6.45, 7) is 1.69. The fourth-order valence-corrected chi connectivity index (χ4v) is 2.17. The maximum Gasteiger partial charge on any atom is 0.146 e. The van der Waals surface area contributed by atoms with Gasteiger partial charge >= 0.3 is 0 Å².